The number of hydrogen-bond donors (Lipinski definition) is 0. The summed E-state index contributed by atoms with van der Waals surface area (Å²) in [5.74, 6) is 1.60. The van der Waals surface area contributed by atoms with Gasteiger partial charge in [-0.3, -0.25) is 4.98 Å². The highest BCUT2D eigenvalue weighted by atomic mass is 16.5. The van der Waals surface area contributed by atoms with Gasteiger partial charge in [-0.1, -0.05) is 36.4 Å². The van der Waals surface area contributed by atoms with Gasteiger partial charge in [-0.25, -0.2) is 0 Å². The van der Waals surface area contributed by atoms with Gasteiger partial charge in [0, 0.05) is 35.6 Å². The molecule has 162 valence electrons. The molecule has 0 radical (unpaired) electrons. The number of hydrogen-bond acceptors (Lipinski definition) is 4. The largest absolute Gasteiger partial charge is 0.493 e. The molecule has 1 aliphatic carbocycles. The zero-order valence-electron chi connectivity index (χ0n) is 18.4. The lowest BCUT2D eigenvalue weighted by Crippen LogP contribution is -2.17. The number of pyridine rings is 1. The number of benzene rings is 3. The Bertz CT molecular complexity index is 1180. The summed E-state index contributed by atoms with van der Waals surface area (Å²) >= 11 is 0. The van der Waals surface area contributed by atoms with E-state index in [1.807, 2.05) is 24.4 Å². The summed E-state index contributed by atoms with van der Waals surface area (Å²) in [4.78, 5) is 6.86. The first-order valence-electron chi connectivity index (χ1n) is 11.3. The number of para-hydroxylation sites is 2. The molecular weight excluding hydrogens is 396 g/mol. The zero-order chi connectivity index (χ0) is 21.8. The molecule has 5 rings (SSSR count). The van der Waals surface area contributed by atoms with Crippen LogP contribution in [0.4, 0.5) is 11.4 Å². The second-order valence-corrected chi connectivity index (χ2v) is 8.27. The highest BCUT2D eigenvalue weighted by molar-refractivity contribution is 5.82. The first kappa shape index (κ1) is 20.4. The van der Waals surface area contributed by atoms with Crippen LogP contribution >= 0.6 is 0 Å². The molecule has 0 saturated heterocycles. The van der Waals surface area contributed by atoms with Crippen molar-refractivity contribution in [2.75, 3.05) is 12.0 Å². The van der Waals surface area contributed by atoms with E-state index in [2.05, 4.69) is 70.5 Å². The summed E-state index contributed by atoms with van der Waals surface area (Å²) in [6, 6.07) is 27.1. The van der Waals surface area contributed by atoms with Gasteiger partial charge in [-0.2, -0.15) is 0 Å². The van der Waals surface area contributed by atoms with E-state index in [4.69, 9.17) is 9.47 Å². The summed E-state index contributed by atoms with van der Waals surface area (Å²) in [6.07, 6.45) is 6.85. The third-order valence-electron chi connectivity index (χ3n) is 6.19. The Morgan fingerprint density at radius 1 is 0.844 bits per heavy atom. The van der Waals surface area contributed by atoms with E-state index in [1.165, 1.54) is 23.8 Å². The van der Waals surface area contributed by atoms with Crippen molar-refractivity contribution in [1.29, 1.82) is 0 Å². The molecule has 0 aliphatic heterocycles. The molecule has 4 nitrogen and oxygen atoms in total. The summed E-state index contributed by atoms with van der Waals surface area (Å²) in [5.41, 5.74) is 4.45. The van der Waals surface area contributed by atoms with Crippen LogP contribution in [0.2, 0.25) is 0 Å². The average molecular weight is 425 g/mol. The van der Waals surface area contributed by atoms with Crippen LogP contribution in [-0.2, 0) is 6.54 Å². The lowest BCUT2D eigenvalue weighted by atomic mass is 10.1. The molecule has 1 aliphatic rings. The fourth-order valence-electron chi connectivity index (χ4n) is 4.51. The molecule has 1 aromatic heterocycles. The van der Waals surface area contributed by atoms with E-state index in [-0.39, 0.29) is 6.10 Å². The minimum absolute atomic E-state index is 0.272. The molecule has 1 heterocycles. The molecule has 0 bridgehead atoms. The topological polar surface area (TPSA) is 34.6 Å². The molecular formula is C28H28N2O2. The van der Waals surface area contributed by atoms with E-state index in [9.17, 15) is 0 Å². The first-order valence-corrected chi connectivity index (χ1v) is 11.3. The van der Waals surface area contributed by atoms with Crippen molar-refractivity contribution < 1.29 is 9.47 Å². The molecule has 1 saturated carbocycles. The number of fused-ring (bicyclic) bond motifs is 1. The number of rotatable bonds is 7. The smallest absolute Gasteiger partial charge is 0.163 e. The number of methoxy groups -OCH3 is 1. The summed E-state index contributed by atoms with van der Waals surface area (Å²) in [6.45, 7) is 0.724. The van der Waals surface area contributed by atoms with Crippen LogP contribution in [0.5, 0.6) is 11.5 Å². The van der Waals surface area contributed by atoms with Crippen LogP contribution in [0.15, 0.2) is 85.1 Å². The van der Waals surface area contributed by atoms with E-state index in [0.717, 1.165) is 47.8 Å². The number of ether oxygens (including phenoxy) is 2. The van der Waals surface area contributed by atoms with Gasteiger partial charge < -0.3 is 14.4 Å². The molecule has 4 aromatic rings. The second-order valence-electron chi connectivity index (χ2n) is 8.27. The van der Waals surface area contributed by atoms with Gasteiger partial charge in [0.25, 0.3) is 0 Å². The fraction of sp³-hybridized carbons (Fsp3) is 0.250. The maximum atomic E-state index is 6.38. The van der Waals surface area contributed by atoms with Crippen molar-refractivity contribution >= 4 is 22.3 Å². The maximum Gasteiger partial charge on any atom is 0.163 e. The highest BCUT2D eigenvalue weighted by Crippen LogP contribution is 2.38. The summed E-state index contributed by atoms with van der Waals surface area (Å²) < 4.78 is 12.0. The standard InChI is InChI=1S/C28H28N2O2/c1-31-27-16-15-23(19-28(27)32-24-11-5-6-12-24)30(22-9-3-2-4-10-22)20-21-17-18-29-26-14-8-7-13-25(21)26/h2-4,7-10,13-19,24H,5-6,11-12,20H2,1H3. The summed E-state index contributed by atoms with van der Waals surface area (Å²) in [5, 5.41) is 1.17. The molecule has 32 heavy (non-hydrogen) atoms. The van der Waals surface area contributed by atoms with Crippen LogP contribution in [0.25, 0.3) is 10.9 Å². The average Bonchev–Trinajstić information content (AvgIpc) is 3.36. The highest BCUT2D eigenvalue weighted by Gasteiger charge is 2.20. The first-order chi connectivity index (χ1) is 15.8. The van der Waals surface area contributed by atoms with Crippen molar-refractivity contribution in [2.45, 2.75) is 38.3 Å². The SMILES string of the molecule is COc1ccc(N(Cc2ccnc3ccccc23)c2ccccc2)cc1OC1CCCC1. The minimum Gasteiger partial charge on any atom is -0.493 e. The quantitative estimate of drug-likeness (QED) is 0.323. The molecule has 0 unspecified atom stereocenters. The van der Waals surface area contributed by atoms with Crippen molar-refractivity contribution in [2.24, 2.45) is 0 Å². The van der Waals surface area contributed by atoms with Crippen LogP contribution in [0.1, 0.15) is 31.2 Å². The van der Waals surface area contributed by atoms with E-state index < -0.39 is 0 Å². The van der Waals surface area contributed by atoms with Crippen LogP contribution in [0, 0.1) is 0 Å². The Morgan fingerprint density at radius 2 is 1.62 bits per heavy atom. The Balaban J connectivity index is 1.55. The van der Waals surface area contributed by atoms with E-state index in [0.29, 0.717) is 0 Å². The van der Waals surface area contributed by atoms with E-state index in [1.54, 1.807) is 7.11 Å². The van der Waals surface area contributed by atoms with Crippen LogP contribution < -0.4 is 14.4 Å². The monoisotopic (exact) mass is 424 g/mol. The Morgan fingerprint density at radius 3 is 2.44 bits per heavy atom. The normalized spacial score (nSPS) is 13.9. The lowest BCUT2D eigenvalue weighted by molar-refractivity contribution is 0.201. The Hall–Kier alpha value is -3.53. The predicted molar refractivity (Wildman–Crippen MR) is 130 cm³/mol. The molecule has 1 fully saturated rings. The van der Waals surface area contributed by atoms with Crippen LogP contribution in [-0.4, -0.2) is 18.2 Å². The number of nitrogens with zero attached hydrogens (tertiary/aromatic N) is 2. The molecule has 4 heteroatoms. The number of anilines is 2. The molecule has 0 atom stereocenters. The van der Waals surface area contributed by atoms with Gasteiger partial charge in [0.2, 0.25) is 0 Å². The van der Waals surface area contributed by atoms with Gasteiger partial charge in [-0.15, -0.1) is 0 Å². The van der Waals surface area contributed by atoms with Gasteiger partial charge in [0.05, 0.1) is 18.7 Å². The minimum atomic E-state index is 0.272. The molecule has 0 spiro atoms. The van der Waals surface area contributed by atoms with Crippen molar-refractivity contribution in [3.8, 4) is 11.5 Å². The van der Waals surface area contributed by atoms with Crippen molar-refractivity contribution in [1.82, 2.24) is 4.98 Å². The molecule has 0 N–H and O–H groups in total. The molecule has 3 aromatic carbocycles. The third-order valence-corrected chi connectivity index (χ3v) is 6.19. The van der Waals surface area contributed by atoms with Gasteiger partial charge in [0.15, 0.2) is 11.5 Å². The van der Waals surface area contributed by atoms with Gasteiger partial charge in [0.1, 0.15) is 0 Å². The maximum absolute atomic E-state index is 6.38. The van der Waals surface area contributed by atoms with Gasteiger partial charge >= 0.3 is 0 Å². The lowest BCUT2D eigenvalue weighted by Gasteiger charge is -2.27. The van der Waals surface area contributed by atoms with Crippen LogP contribution in [0.3, 0.4) is 0 Å². The van der Waals surface area contributed by atoms with E-state index >= 15 is 0 Å². The van der Waals surface area contributed by atoms with Gasteiger partial charge in [-0.05, 0) is 67.6 Å². The Kier molecular flexibility index (Phi) is 5.93. The summed E-state index contributed by atoms with van der Waals surface area (Å²) in [7, 11) is 1.70. The number of aromatic nitrogens is 1. The Labute approximate surface area is 189 Å². The molecule has 0 amide bonds. The fourth-order valence-corrected chi connectivity index (χ4v) is 4.51. The third kappa shape index (κ3) is 4.26. The second kappa shape index (κ2) is 9.31. The predicted octanol–water partition coefficient (Wildman–Crippen LogP) is 6.90. The van der Waals surface area contributed by atoms with Crippen molar-refractivity contribution in [3.05, 3.63) is 90.6 Å². The van der Waals surface area contributed by atoms with Crippen molar-refractivity contribution in [3.63, 3.8) is 0 Å². The zero-order valence-corrected chi connectivity index (χ0v) is 18.4.